The predicted octanol–water partition coefficient (Wildman–Crippen LogP) is 15.1. The molecule has 12 aliphatic rings. The number of carbonyl (C=O) groups is 6. The minimum absolute atomic E-state index is 0.0567. The van der Waals surface area contributed by atoms with Gasteiger partial charge in [0, 0.05) is 70.0 Å². The van der Waals surface area contributed by atoms with Gasteiger partial charge in [0.05, 0.1) is 24.9 Å². The van der Waals surface area contributed by atoms with Gasteiger partial charge >= 0.3 is 5.97 Å². The zero-order valence-corrected chi connectivity index (χ0v) is 53.7. The van der Waals surface area contributed by atoms with E-state index >= 15 is 0 Å². The molecule has 0 amide bonds. The third-order valence-electron chi connectivity index (χ3n) is 20.9. The maximum absolute atomic E-state index is 11.5. The van der Waals surface area contributed by atoms with E-state index in [2.05, 4.69) is 39.9 Å². The Balaban J connectivity index is 0.000000176. The first-order valence-electron chi connectivity index (χ1n) is 33.7. The third-order valence-corrected chi connectivity index (χ3v) is 25.5. The van der Waals surface area contributed by atoms with Gasteiger partial charge in [-0.1, -0.05) is 85.1 Å². The maximum atomic E-state index is 11.5. The molecule has 0 saturated heterocycles. The Kier molecular flexibility index (Phi) is 31.0. The number of carbonyl (C=O) groups excluding carboxylic acids is 6. The zero-order chi connectivity index (χ0) is 59.7. The first kappa shape index (κ1) is 69.9. The standard InChI is InChI=1S/C14H28O3Si.C11H18O2.2C9H16O.C9H12O.C8H10O2.C5H8O.C4H8O/c1-14(2,3)18(4,5)17-10-9-13(16)11-7-6-8-12(11)15;1-8(12)13-11-7-3-5-9-4-2-6-10(9)11;3*10-9-6-2-4-7-3-1-5-8(7)9;9-7-4-5-10-8-3-1-2-6(7)8;6-5-3-1-2-4-5;1-2-3-4-5/h11,13,16H,6-10H2,1-5H3;9-11H,2-7H2,1H3;2*7-10H,1-6H2;5,7H,1-4,6H2;1-5H2;1-4H2;4H,2-3H2,1H3/t;9-,10-,11+;7-,8?,9+;7-,8-,9+;;;;/m.011..../s1. The SMILES string of the molecule is CC(=O)O[C@@H]1CCC[C@@H]2CCC[C@@H]21.CC(C)(C)[Si](C)(C)OCCC(O)C1CCCC1=O.CCCC=O.O=C1CCCC1.O=C1CCCC2CCC=C12.O=C1CCOC2=C1CCC2.O[C@H]1CCC[C@H]2CCCC21.O[C@H]1CCC[C@H]2CCC[C@H]21. The summed E-state index contributed by atoms with van der Waals surface area (Å²) in [5.41, 5.74) is 2.14. The molecule has 9 fully saturated rings. The van der Waals surface area contributed by atoms with Crippen molar-refractivity contribution in [3.63, 3.8) is 0 Å². The highest BCUT2D eigenvalue weighted by Gasteiger charge is 2.40. The van der Waals surface area contributed by atoms with Crippen molar-refractivity contribution in [2.24, 2.45) is 47.3 Å². The monoisotopic (exact) mass is 1160 g/mol. The van der Waals surface area contributed by atoms with Crippen LogP contribution >= 0.6 is 0 Å². The van der Waals surface area contributed by atoms with E-state index in [-0.39, 0.29) is 41.0 Å². The molecule has 1 heterocycles. The topological polar surface area (TPSA) is 191 Å². The number of fused-ring (bicyclic) bond motifs is 4. The second kappa shape index (κ2) is 36.3. The van der Waals surface area contributed by atoms with Gasteiger partial charge in [0.1, 0.15) is 29.7 Å². The molecule has 0 spiro atoms. The molecule has 12 nitrogen and oxygen atoms in total. The summed E-state index contributed by atoms with van der Waals surface area (Å²) in [6, 6.07) is 0. The molecule has 9 saturated carbocycles. The van der Waals surface area contributed by atoms with Gasteiger partial charge in [-0.05, 0) is 206 Å². The fourth-order valence-electron chi connectivity index (χ4n) is 15.2. The number of allylic oxidation sites excluding steroid dienone is 4. The van der Waals surface area contributed by atoms with Crippen LogP contribution in [0.2, 0.25) is 18.1 Å². The highest BCUT2D eigenvalue weighted by molar-refractivity contribution is 6.74. The van der Waals surface area contributed by atoms with Crippen LogP contribution in [0.4, 0.5) is 0 Å². The molecule has 0 bridgehead atoms. The van der Waals surface area contributed by atoms with Crippen LogP contribution < -0.4 is 0 Å². The lowest BCUT2D eigenvalue weighted by molar-refractivity contribution is -0.151. The summed E-state index contributed by atoms with van der Waals surface area (Å²) < 4.78 is 16.7. The van der Waals surface area contributed by atoms with Crippen molar-refractivity contribution in [3.8, 4) is 0 Å². The van der Waals surface area contributed by atoms with Crippen LogP contribution in [-0.4, -0.2) is 96.7 Å². The summed E-state index contributed by atoms with van der Waals surface area (Å²) >= 11 is 0. The smallest absolute Gasteiger partial charge is 0.302 e. The Morgan fingerprint density at radius 3 is 1.70 bits per heavy atom. The van der Waals surface area contributed by atoms with E-state index in [9.17, 15) is 44.1 Å². The number of rotatable bonds is 8. The molecular weight excluding hydrogens is 1050 g/mol. The van der Waals surface area contributed by atoms with Gasteiger partial charge in [0.25, 0.3) is 0 Å². The maximum Gasteiger partial charge on any atom is 0.302 e. The number of Topliss-reactive ketones (excluding diaryl/α,β-unsaturated/α-hetero) is 4. The van der Waals surface area contributed by atoms with Crippen LogP contribution in [0.5, 0.6) is 0 Å². The van der Waals surface area contributed by atoms with Gasteiger partial charge in [0.15, 0.2) is 19.9 Å². The van der Waals surface area contributed by atoms with Gasteiger partial charge in [-0.2, -0.15) is 0 Å². The van der Waals surface area contributed by atoms with Crippen LogP contribution in [0.15, 0.2) is 23.0 Å². The quantitative estimate of drug-likeness (QED) is 0.119. The Labute approximate surface area is 497 Å². The van der Waals surface area contributed by atoms with Crippen LogP contribution in [0.3, 0.4) is 0 Å². The van der Waals surface area contributed by atoms with Gasteiger partial charge in [-0.25, -0.2) is 0 Å². The summed E-state index contributed by atoms with van der Waals surface area (Å²) in [5.74, 6) is 7.55. The molecular formula is C69H116O12Si. The molecule has 12 atom stereocenters. The summed E-state index contributed by atoms with van der Waals surface area (Å²) in [6.07, 6.45) is 44.1. The lowest BCUT2D eigenvalue weighted by Crippen LogP contribution is -2.41. The molecule has 0 aromatic rings. The largest absolute Gasteiger partial charge is 0.497 e. The normalized spacial score (nSPS) is 31.7. The molecule has 3 N–H and O–H groups in total. The van der Waals surface area contributed by atoms with Gasteiger partial charge < -0.3 is 34.0 Å². The molecule has 0 aromatic carbocycles. The van der Waals surface area contributed by atoms with Crippen molar-refractivity contribution >= 4 is 43.7 Å². The average Bonchev–Trinajstić information content (AvgIpc) is 4.33. The van der Waals surface area contributed by atoms with Crippen LogP contribution in [0.1, 0.15) is 272 Å². The van der Waals surface area contributed by atoms with Crippen molar-refractivity contribution in [1.29, 1.82) is 0 Å². The second-order valence-electron chi connectivity index (χ2n) is 27.8. The molecule has 82 heavy (non-hydrogen) atoms. The number of hydrogen-bond donors (Lipinski definition) is 3. The van der Waals surface area contributed by atoms with E-state index in [1.54, 1.807) is 0 Å². The second-order valence-corrected chi connectivity index (χ2v) is 32.6. The van der Waals surface area contributed by atoms with Crippen LogP contribution in [-0.2, 0) is 42.7 Å². The highest BCUT2D eigenvalue weighted by atomic mass is 28.4. The number of esters is 1. The third kappa shape index (κ3) is 22.8. The van der Waals surface area contributed by atoms with Crippen molar-refractivity contribution in [2.75, 3.05) is 13.2 Å². The molecule has 0 radical (unpaired) electrons. The summed E-state index contributed by atoms with van der Waals surface area (Å²) in [4.78, 5) is 64.4. The van der Waals surface area contributed by atoms with E-state index in [1.165, 1.54) is 116 Å². The first-order valence-corrected chi connectivity index (χ1v) is 36.6. The molecule has 11 aliphatic carbocycles. The molecule has 0 aromatic heterocycles. The van der Waals surface area contributed by atoms with E-state index in [1.807, 2.05) is 6.92 Å². The Hall–Kier alpha value is -2.84. The van der Waals surface area contributed by atoms with Crippen molar-refractivity contribution in [2.45, 2.75) is 315 Å². The van der Waals surface area contributed by atoms with Crippen LogP contribution in [0, 0.1) is 47.3 Å². The minimum Gasteiger partial charge on any atom is -0.497 e. The molecule has 4 unspecified atom stereocenters. The lowest BCUT2D eigenvalue weighted by Gasteiger charge is -2.36. The predicted molar refractivity (Wildman–Crippen MR) is 328 cm³/mol. The van der Waals surface area contributed by atoms with E-state index in [0.29, 0.717) is 79.9 Å². The van der Waals surface area contributed by atoms with E-state index in [0.717, 1.165) is 144 Å². The lowest BCUT2D eigenvalue weighted by atomic mass is 9.79. The summed E-state index contributed by atoms with van der Waals surface area (Å²) in [7, 11) is -1.72. The summed E-state index contributed by atoms with van der Waals surface area (Å²) in [5, 5.41) is 29.4. The number of unbranched alkanes of at least 4 members (excludes halogenated alkanes) is 1. The van der Waals surface area contributed by atoms with Crippen molar-refractivity contribution in [3.05, 3.63) is 23.0 Å². The minimum atomic E-state index is -1.72. The molecule has 1 aliphatic heterocycles. The molecule has 12 rings (SSSR count). The fraction of sp³-hybridized carbons (Fsp3) is 0.855. The van der Waals surface area contributed by atoms with Crippen LogP contribution in [0.25, 0.3) is 0 Å². The number of aliphatic hydroxyl groups excluding tert-OH is 3. The van der Waals surface area contributed by atoms with E-state index in [4.69, 9.17) is 13.9 Å². The molecule has 468 valence electrons. The van der Waals surface area contributed by atoms with Gasteiger partial charge in [-0.3, -0.25) is 24.0 Å². The number of hydrogen-bond acceptors (Lipinski definition) is 12. The Morgan fingerprint density at radius 1 is 0.659 bits per heavy atom. The highest BCUT2D eigenvalue weighted by Crippen LogP contribution is 2.45. The Morgan fingerprint density at radius 2 is 1.22 bits per heavy atom. The first-order chi connectivity index (χ1) is 39.2. The zero-order valence-electron chi connectivity index (χ0n) is 52.7. The van der Waals surface area contributed by atoms with Gasteiger partial charge in [-0.15, -0.1) is 0 Å². The molecule has 13 heteroatoms. The number of aliphatic hydroxyl groups is 3. The van der Waals surface area contributed by atoms with Gasteiger partial charge in [0.2, 0.25) is 0 Å². The number of ketones is 4. The summed E-state index contributed by atoms with van der Waals surface area (Å²) in [6.45, 7) is 15.7. The Bertz CT molecular complexity index is 2000. The number of aldehydes is 1. The van der Waals surface area contributed by atoms with Crippen molar-refractivity contribution < 1.29 is 58.0 Å². The fourth-order valence-corrected chi connectivity index (χ4v) is 16.2. The van der Waals surface area contributed by atoms with Crippen molar-refractivity contribution in [1.82, 2.24) is 0 Å². The average molecular weight is 1170 g/mol. The van der Waals surface area contributed by atoms with E-state index < -0.39 is 14.4 Å². The number of ether oxygens (including phenoxy) is 2.